The average Bonchev–Trinajstić information content (AvgIpc) is 1.60. The molecule has 0 rings (SSSR count). The number of allylic oxidation sites excluding steroid dienone is 1. The maximum Gasteiger partial charge on any atom is 2.00 e. The number of carbonyl (C=O) groups excluding carboxylic acids is 2. The van der Waals surface area contributed by atoms with E-state index in [0.29, 0.717) is 0 Å². The van der Waals surface area contributed by atoms with Crippen molar-refractivity contribution in [1.82, 2.24) is 0 Å². The van der Waals surface area contributed by atoms with Gasteiger partial charge in [-0.25, -0.2) is 0 Å². The summed E-state index contributed by atoms with van der Waals surface area (Å²) in [6, 6.07) is 0. The van der Waals surface area contributed by atoms with Crippen molar-refractivity contribution in [3.63, 3.8) is 0 Å². The van der Waals surface area contributed by atoms with Crippen LogP contribution in [0.25, 0.3) is 0 Å². The topological polar surface area (TPSA) is 80.3 Å². The minimum absolute atomic E-state index is 0. The van der Waals surface area contributed by atoms with Crippen LogP contribution < -0.4 is 10.2 Å². The fraction of sp³-hybridized carbons (Fsp3) is 0.429. The quantitative estimate of drug-likeness (QED) is 0.333. The van der Waals surface area contributed by atoms with Crippen molar-refractivity contribution in [3.05, 3.63) is 12.7 Å². The Bertz CT molecular complexity index is 103. The van der Waals surface area contributed by atoms with Gasteiger partial charge in [-0.1, -0.05) is 6.08 Å². The normalized spacial score (nSPS) is 5.25. The Morgan fingerprint density at radius 1 is 1.17 bits per heavy atom. The molecule has 0 amide bonds. The SMILES string of the molecule is C=CC.CC(=O)[O-].CC(=O)[O-].[Mg+2]. The summed E-state index contributed by atoms with van der Waals surface area (Å²) in [5.41, 5.74) is 0. The maximum atomic E-state index is 8.89. The van der Waals surface area contributed by atoms with E-state index in [-0.39, 0.29) is 23.1 Å². The molecule has 0 unspecified atom stereocenters. The molecule has 0 radical (unpaired) electrons. The fourth-order valence-electron chi connectivity index (χ4n) is 0. The van der Waals surface area contributed by atoms with Crippen LogP contribution in [0.4, 0.5) is 0 Å². The first-order chi connectivity index (χ1) is 4.88. The van der Waals surface area contributed by atoms with Crippen molar-refractivity contribution in [2.45, 2.75) is 20.8 Å². The van der Waals surface area contributed by atoms with Gasteiger partial charge in [-0.2, -0.15) is 0 Å². The van der Waals surface area contributed by atoms with Crippen molar-refractivity contribution >= 4 is 35.0 Å². The first kappa shape index (κ1) is 22.5. The third-order valence-electron chi connectivity index (χ3n) is 0. The fourth-order valence-corrected chi connectivity index (χ4v) is 0. The van der Waals surface area contributed by atoms with Gasteiger partial charge in [0.15, 0.2) is 0 Å². The van der Waals surface area contributed by atoms with Crippen molar-refractivity contribution in [2.24, 2.45) is 0 Å². The van der Waals surface area contributed by atoms with Crippen molar-refractivity contribution < 1.29 is 19.8 Å². The molecule has 0 heterocycles. The predicted octanol–water partition coefficient (Wildman–Crippen LogP) is -1.68. The standard InChI is InChI=1S/C3H6.2C2H4O2.Mg/c1-3-2;2*1-2(3)4;/h3H,1H2,2H3;2*1H3,(H,3,4);/q;;;+2/p-2. The zero-order chi connectivity index (χ0) is 9.86. The monoisotopic (exact) mass is 184 g/mol. The van der Waals surface area contributed by atoms with Gasteiger partial charge >= 0.3 is 23.1 Å². The number of hydrogen-bond acceptors (Lipinski definition) is 4. The summed E-state index contributed by atoms with van der Waals surface area (Å²) in [5, 5.41) is 17.8. The van der Waals surface area contributed by atoms with Crippen molar-refractivity contribution in [3.8, 4) is 0 Å². The second kappa shape index (κ2) is 22.4. The molecule has 66 valence electrons. The summed E-state index contributed by atoms with van der Waals surface area (Å²) in [4.78, 5) is 17.8. The van der Waals surface area contributed by atoms with Gasteiger partial charge in [0.05, 0.1) is 0 Å². The van der Waals surface area contributed by atoms with Gasteiger partial charge in [0.2, 0.25) is 0 Å². The van der Waals surface area contributed by atoms with Crippen LogP contribution >= 0.6 is 0 Å². The third-order valence-corrected chi connectivity index (χ3v) is 0. The Morgan fingerprint density at radius 3 is 1.17 bits per heavy atom. The van der Waals surface area contributed by atoms with Crippen LogP contribution in [0.5, 0.6) is 0 Å². The first-order valence-corrected chi connectivity index (χ1v) is 2.80. The summed E-state index contributed by atoms with van der Waals surface area (Å²) in [6.45, 7) is 7.19. The van der Waals surface area contributed by atoms with Crippen LogP contribution in [0, 0.1) is 0 Å². The van der Waals surface area contributed by atoms with E-state index in [9.17, 15) is 0 Å². The molecule has 0 aromatic carbocycles. The zero-order valence-corrected chi connectivity index (χ0v) is 9.04. The van der Waals surface area contributed by atoms with E-state index in [4.69, 9.17) is 19.8 Å². The Hall–Kier alpha value is -0.554. The number of hydrogen-bond donors (Lipinski definition) is 0. The van der Waals surface area contributed by atoms with Gasteiger partial charge in [-0.05, 0) is 20.8 Å². The summed E-state index contributed by atoms with van der Waals surface area (Å²) < 4.78 is 0. The molecule has 0 aromatic heterocycles. The van der Waals surface area contributed by atoms with E-state index in [2.05, 4.69) is 6.58 Å². The number of aliphatic carboxylic acids is 2. The summed E-state index contributed by atoms with van der Waals surface area (Å²) >= 11 is 0. The van der Waals surface area contributed by atoms with E-state index in [1.54, 1.807) is 6.08 Å². The molecule has 0 bridgehead atoms. The number of carboxylic acids is 2. The smallest absolute Gasteiger partial charge is 0.550 e. The summed E-state index contributed by atoms with van der Waals surface area (Å²) in [5.74, 6) is -2.17. The second-order valence-corrected chi connectivity index (χ2v) is 1.39. The zero-order valence-electron chi connectivity index (χ0n) is 7.62. The number of carbonyl (C=O) groups is 2. The van der Waals surface area contributed by atoms with Crippen LogP contribution in [0.2, 0.25) is 0 Å². The van der Waals surface area contributed by atoms with E-state index in [0.717, 1.165) is 13.8 Å². The molecule has 0 atom stereocenters. The van der Waals surface area contributed by atoms with Gasteiger partial charge in [0.1, 0.15) is 0 Å². The molecule has 4 nitrogen and oxygen atoms in total. The van der Waals surface area contributed by atoms with Crippen LogP contribution in [0.1, 0.15) is 20.8 Å². The van der Waals surface area contributed by atoms with Gasteiger partial charge in [-0.15, -0.1) is 6.58 Å². The van der Waals surface area contributed by atoms with Crippen LogP contribution in [-0.2, 0) is 9.59 Å². The van der Waals surface area contributed by atoms with Gasteiger partial charge < -0.3 is 19.8 Å². The largest absolute Gasteiger partial charge is 2.00 e. The van der Waals surface area contributed by atoms with E-state index in [1.807, 2.05) is 6.92 Å². The predicted molar refractivity (Wildman–Crippen MR) is 43.0 cm³/mol. The minimum Gasteiger partial charge on any atom is -0.550 e. The molecule has 12 heavy (non-hydrogen) atoms. The van der Waals surface area contributed by atoms with Crippen molar-refractivity contribution in [1.29, 1.82) is 0 Å². The Kier molecular flexibility index (Phi) is 42.1. The minimum atomic E-state index is -1.08. The molecule has 0 N–H and O–H groups in total. The molecule has 0 aliphatic rings. The second-order valence-electron chi connectivity index (χ2n) is 1.39. The molecule has 0 spiro atoms. The Labute approximate surface area is 88.4 Å². The molecule has 0 aromatic rings. The molecule has 0 aliphatic heterocycles. The van der Waals surface area contributed by atoms with Gasteiger partial charge in [-0.3, -0.25) is 0 Å². The van der Waals surface area contributed by atoms with Crippen LogP contribution in [0.15, 0.2) is 12.7 Å². The van der Waals surface area contributed by atoms with E-state index >= 15 is 0 Å². The van der Waals surface area contributed by atoms with Crippen LogP contribution in [0.3, 0.4) is 0 Å². The first-order valence-electron chi connectivity index (χ1n) is 2.80. The van der Waals surface area contributed by atoms with E-state index in [1.165, 1.54) is 0 Å². The molecule has 0 saturated heterocycles. The van der Waals surface area contributed by atoms with Crippen molar-refractivity contribution in [2.75, 3.05) is 0 Å². The summed E-state index contributed by atoms with van der Waals surface area (Å²) in [7, 11) is 0. The van der Waals surface area contributed by atoms with Gasteiger partial charge in [0.25, 0.3) is 0 Å². The van der Waals surface area contributed by atoms with Gasteiger partial charge in [0, 0.05) is 11.9 Å². The Balaban J connectivity index is -0.0000000389. The third kappa shape index (κ3) is 2200. The Morgan fingerprint density at radius 2 is 1.17 bits per heavy atom. The number of rotatable bonds is 0. The van der Waals surface area contributed by atoms with Crippen LogP contribution in [-0.4, -0.2) is 35.0 Å². The molecule has 0 fully saturated rings. The molecule has 0 saturated carbocycles. The molecular formula is C7H12MgO4. The molecule has 5 heteroatoms. The number of carboxylic acid groups (broad SMARTS) is 2. The molecule has 0 aliphatic carbocycles. The summed E-state index contributed by atoms with van der Waals surface area (Å²) in [6.07, 6.45) is 1.75. The molecular weight excluding hydrogens is 172 g/mol. The average molecular weight is 184 g/mol. The maximum absolute atomic E-state index is 8.89. The van der Waals surface area contributed by atoms with E-state index < -0.39 is 11.9 Å².